The molecular weight excluding hydrogens is 314 g/mol. The van der Waals surface area contributed by atoms with Crippen LogP contribution in [0.2, 0.25) is 5.02 Å². The van der Waals surface area contributed by atoms with E-state index >= 15 is 0 Å². The van der Waals surface area contributed by atoms with E-state index in [1.165, 1.54) is 26.2 Å². The molecular formula is C14H20ClNO4S. The minimum absolute atomic E-state index is 0.0502. The standard InChI is InChI=1S/C14H20ClNO4S/c1-19-13-8-10(9-16-11-3-4-11)7-12(15)14(13)20-5-6-21(2,17)18/h7-8,11,16H,3-6,9H2,1-2H3. The zero-order valence-corrected chi connectivity index (χ0v) is 13.8. The Morgan fingerprint density at radius 1 is 1.38 bits per heavy atom. The fourth-order valence-electron chi connectivity index (χ4n) is 1.86. The minimum Gasteiger partial charge on any atom is -0.493 e. The Morgan fingerprint density at radius 2 is 2.10 bits per heavy atom. The lowest BCUT2D eigenvalue weighted by atomic mass is 10.2. The second-order valence-corrected chi connectivity index (χ2v) is 7.91. The fourth-order valence-corrected chi connectivity index (χ4v) is 2.53. The van der Waals surface area contributed by atoms with Crippen molar-refractivity contribution in [3.8, 4) is 11.5 Å². The number of rotatable bonds is 8. The van der Waals surface area contributed by atoms with Gasteiger partial charge in [-0.3, -0.25) is 0 Å². The molecule has 0 aliphatic heterocycles. The normalized spacial score (nSPS) is 15.0. The lowest BCUT2D eigenvalue weighted by Gasteiger charge is -2.14. The quantitative estimate of drug-likeness (QED) is 0.788. The molecule has 0 saturated heterocycles. The number of hydrogen-bond donors (Lipinski definition) is 1. The van der Waals surface area contributed by atoms with Crippen LogP contribution in [0.25, 0.3) is 0 Å². The average Bonchev–Trinajstić information content (AvgIpc) is 3.21. The highest BCUT2D eigenvalue weighted by Gasteiger charge is 2.20. The molecule has 1 aromatic carbocycles. The van der Waals surface area contributed by atoms with Gasteiger partial charge in [-0.05, 0) is 30.5 Å². The Morgan fingerprint density at radius 3 is 2.67 bits per heavy atom. The maximum absolute atomic E-state index is 11.1. The van der Waals surface area contributed by atoms with Crippen LogP contribution in [-0.4, -0.2) is 40.2 Å². The van der Waals surface area contributed by atoms with Gasteiger partial charge in [0.2, 0.25) is 0 Å². The fraction of sp³-hybridized carbons (Fsp3) is 0.571. The number of sulfone groups is 1. The van der Waals surface area contributed by atoms with Crippen molar-refractivity contribution in [1.82, 2.24) is 5.32 Å². The maximum Gasteiger partial charge on any atom is 0.179 e. The van der Waals surface area contributed by atoms with Crippen molar-refractivity contribution in [1.29, 1.82) is 0 Å². The van der Waals surface area contributed by atoms with Crippen LogP contribution in [0.1, 0.15) is 18.4 Å². The topological polar surface area (TPSA) is 64.6 Å². The van der Waals surface area contributed by atoms with Crippen molar-refractivity contribution in [2.45, 2.75) is 25.4 Å². The largest absolute Gasteiger partial charge is 0.493 e. The second kappa shape index (κ2) is 6.85. The van der Waals surface area contributed by atoms with Crippen LogP contribution in [-0.2, 0) is 16.4 Å². The Labute approximate surface area is 130 Å². The summed E-state index contributed by atoms with van der Waals surface area (Å²) in [5.41, 5.74) is 1.01. The molecule has 7 heteroatoms. The molecule has 0 heterocycles. The molecule has 1 aliphatic rings. The van der Waals surface area contributed by atoms with E-state index in [1.54, 1.807) is 0 Å². The van der Waals surface area contributed by atoms with Crippen molar-refractivity contribution < 1.29 is 17.9 Å². The van der Waals surface area contributed by atoms with E-state index in [4.69, 9.17) is 21.1 Å². The van der Waals surface area contributed by atoms with Crippen LogP contribution < -0.4 is 14.8 Å². The van der Waals surface area contributed by atoms with E-state index in [-0.39, 0.29) is 12.4 Å². The van der Waals surface area contributed by atoms with E-state index in [0.29, 0.717) is 22.6 Å². The van der Waals surface area contributed by atoms with Crippen molar-refractivity contribution in [2.75, 3.05) is 25.7 Å². The van der Waals surface area contributed by atoms with Crippen molar-refractivity contribution in [2.24, 2.45) is 0 Å². The first kappa shape index (κ1) is 16.4. The third-order valence-corrected chi connectivity index (χ3v) is 4.35. The lowest BCUT2D eigenvalue weighted by molar-refractivity contribution is 0.311. The average molecular weight is 334 g/mol. The third-order valence-electron chi connectivity index (χ3n) is 3.16. The molecule has 1 fully saturated rings. The van der Waals surface area contributed by atoms with Gasteiger partial charge in [0, 0.05) is 18.8 Å². The molecule has 0 unspecified atom stereocenters. The Bertz CT molecular complexity index is 599. The number of benzene rings is 1. The van der Waals surface area contributed by atoms with Gasteiger partial charge in [0.25, 0.3) is 0 Å². The number of ether oxygens (including phenoxy) is 2. The molecule has 0 atom stereocenters. The van der Waals surface area contributed by atoms with Crippen molar-refractivity contribution in [3.63, 3.8) is 0 Å². The van der Waals surface area contributed by atoms with Gasteiger partial charge in [-0.15, -0.1) is 0 Å². The predicted molar refractivity (Wildman–Crippen MR) is 83.1 cm³/mol. The lowest BCUT2D eigenvalue weighted by Crippen LogP contribution is -2.16. The van der Waals surface area contributed by atoms with E-state index < -0.39 is 9.84 Å². The summed E-state index contributed by atoms with van der Waals surface area (Å²) >= 11 is 6.21. The van der Waals surface area contributed by atoms with Crippen molar-refractivity contribution in [3.05, 3.63) is 22.7 Å². The maximum atomic E-state index is 11.1. The molecule has 0 radical (unpaired) electrons. The Balaban J connectivity index is 2.04. The summed E-state index contributed by atoms with van der Waals surface area (Å²) in [6.45, 7) is 0.777. The Hall–Kier alpha value is -0.980. The van der Waals surface area contributed by atoms with Crippen LogP contribution in [0.5, 0.6) is 11.5 Å². The van der Waals surface area contributed by atoms with Crippen LogP contribution >= 0.6 is 11.6 Å². The SMILES string of the molecule is COc1cc(CNC2CC2)cc(Cl)c1OCCS(C)(=O)=O. The van der Waals surface area contributed by atoms with Crippen LogP contribution in [0.4, 0.5) is 0 Å². The monoisotopic (exact) mass is 333 g/mol. The number of halogens is 1. The van der Waals surface area contributed by atoms with E-state index in [9.17, 15) is 8.42 Å². The number of methoxy groups -OCH3 is 1. The number of hydrogen-bond acceptors (Lipinski definition) is 5. The molecule has 5 nitrogen and oxygen atoms in total. The molecule has 2 rings (SSSR count). The smallest absolute Gasteiger partial charge is 0.179 e. The van der Waals surface area contributed by atoms with Gasteiger partial charge < -0.3 is 14.8 Å². The zero-order chi connectivity index (χ0) is 15.5. The summed E-state index contributed by atoms with van der Waals surface area (Å²) in [4.78, 5) is 0. The summed E-state index contributed by atoms with van der Waals surface area (Å²) in [6, 6.07) is 4.28. The van der Waals surface area contributed by atoms with E-state index in [2.05, 4.69) is 5.32 Å². The first-order valence-corrected chi connectivity index (χ1v) is 9.23. The molecule has 0 amide bonds. The molecule has 1 aliphatic carbocycles. The minimum atomic E-state index is -3.06. The summed E-state index contributed by atoms with van der Waals surface area (Å²) in [5, 5.41) is 3.83. The molecule has 1 N–H and O–H groups in total. The number of nitrogens with one attached hydrogen (secondary N) is 1. The summed E-state index contributed by atoms with van der Waals surface area (Å²) in [7, 11) is -1.53. The summed E-state index contributed by atoms with van der Waals surface area (Å²) in [5.74, 6) is 0.846. The van der Waals surface area contributed by atoms with Crippen LogP contribution in [0, 0.1) is 0 Å². The molecule has 0 aromatic heterocycles. The first-order chi connectivity index (χ1) is 9.89. The highest BCUT2D eigenvalue weighted by Crippen LogP contribution is 2.36. The summed E-state index contributed by atoms with van der Waals surface area (Å²) in [6.07, 6.45) is 3.61. The molecule has 21 heavy (non-hydrogen) atoms. The van der Waals surface area contributed by atoms with Gasteiger partial charge in [-0.2, -0.15) is 0 Å². The highest BCUT2D eigenvalue weighted by atomic mass is 35.5. The van der Waals surface area contributed by atoms with Crippen LogP contribution in [0.15, 0.2) is 12.1 Å². The third kappa shape index (κ3) is 5.37. The van der Waals surface area contributed by atoms with Gasteiger partial charge >= 0.3 is 0 Å². The van der Waals surface area contributed by atoms with E-state index in [1.807, 2.05) is 12.1 Å². The first-order valence-electron chi connectivity index (χ1n) is 6.79. The van der Waals surface area contributed by atoms with E-state index in [0.717, 1.165) is 12.1 Å². The summed E-state index contributed by atoms with van der Waals surface area (Å²) < 4.78 is 33.0. The molecule has 1 saturated carbocycles. The molecule has 1 aromatic rings. The zero-order valence-electron chi connectivity index (χ0n) is 12.2. The molecule has 0 spiro atoms. The van der Waals surface area contributed by atoms with Gasteiger partial charge in [0.1, 0.15) is 6.61 Å². The van der Waals surface area contributed by atoms with Gasteiger partial charge in [-0.1, -0.05) is 11.6 Å². The van der Waals surface area contributed by atoms with Crippen LogP contribution in [0.3, 0.4) is 0 Å². The highest BCUT2D eigenvalue weighted by molar-refractivity contribution is 7.90. The van der Waals surface area contributed by atoms with Gasteiger partial charge in [-0.25, -0.2) is 8.42 Å². The predicted octanol–water partition coefficient (Wildman–Crippen LogP) is 2.02. The molecule has 0 bridgehead atoms. The van der Waals surface area contributed by atoms with Gasteiger partial charge in [0.05, 0.1) is 17.9 Å². The van der Waals surface area contributed by atoms with Gasteiger partial charge in [0.15, 0.2) is 21.3 Å². The molecule has 118 valence electrons. The Kier molecular flexibility index (Phi) is 5.35. The second-order valence-electron chi connectivity index (χ2n) is 5.24. The van der Waals surface area contributed by atoms with Crippen molar-refractivity contribution >= 4 is 21.4 Å².